The zero-order valence-corrected chi connectivity index (χ0v) is 20.5. The molecule has 1 aromatic rings. The van der Waals surface area contributed by atoms with E-state index in [-0.39, 0.29) is 42.2 Å². The van der Waals surface area contributed by atoms with Crippen LogP contribution in [0.15, 0.2) is 41.5 Å². The fourth-order valence-corrected chi connectivity index (χ4v) is 5.18. The third-order valence-corrected chi connectivity index (χ3v) is 7.40. The summed E-state index contributed by atoms with van der Waals surface area (Å²) >= 11 is 0. The number of amides is 1. The summed E-state index contributed by atoms with van der Waals surface area (Å²) in [7, 11) is 0. The molecule has 3 N–H and O–H groups in total. The highest BCUT2D eigenvalue weighted by molar-refractivity contribution is 6.25. The van der Waals surface area contributed by atoms with Gasteiger partial charge in [0, 0.05) is 47.8 Å². The number of rotatable bonds is 10. The maximum atomic E-state index is 13.1. The van der Waals surface area contributed by atoms with Crippen molar-refractivity contribution in [1.29, 1.82) is 0 Å². The minimum atomic E-state index is -0.647. The van der Waals surface area contributed by atoms with Gasteiger partial charge >= 0.3 is 0 Å². The van der Waals surface area contributed by atoms with Gasteiger partial charge < -0.3 is 20.7 Å². The van der Waals surface area contributed by atoms with Crippen molar-refractivity contribution in [2.75, 3.05) is 31.1 Å². The highest BCUT2D eigenvalue weighted by Crippen LogP contribution is 2.33. The lowest BCUT2D eigenvalue weighted by Gasteiger charge is -2.41. The van der Waals surface area contributed by atoms with Crippen LogP contribution in [0.2, 0.25) is 0 Å². The molecule has 0 aromatic heterocycles. The molecular formula is C28H35N3O4. The molecule has 0 saturated carbocycles. The molecule has 7 heteroatoms. The van der Waals surface area contributed by atoms with Crippen molar-refractivity contribution in [1.82, 2.24) is 5.32 Å². The van der Waals surface area contributed by atoms with Gasteiger partial charge in [-0.05, 0) is 88.7 Å². The second-order valence-electron chi connectivity index (χ2n) is 10.1. The van der Waals surface area contributed by atoms with Crippen LogP contribution >= 0.6 is 0 Å². The molecule has 1 amide bonds. The molecule has 1 aromatic carbocycles. The lowest BCUT2D eigenvalue weighted by Crippen LogP contribution is -2.46. The van der Waals surface area contributed by atoms with Crippen molar-refractivity contribution in [3.05, 3.63) is 52.6 Å². The van der Waals surface area contributed by atoms with Crippen LogP contribution in [-0.2, 0) is 9.59 Å². The van der Waals surface area contributed by atoms with Crippen LogP contribution < -0.4 is 16.0 Å². The Kier molecular flexibility index (Phi) is 7.96. The van der Waals surface area contributed by atoms with Crippen LogP contribution in [0, 0.1) is 11.8 Å². The van der Waals surface area contributed by atoms with Crippen molar-refractivity contribution < 1.29 is 19.2 Å². The van der Waals surface area contributed by atoms with E-state index in [2.05, 4.69) is 16.3 Å². The van der Waals surface area contributed by atoms with Gasteiger partial charge in [0.1, 0.15) is 5.78 Å². The molecule has 35 heavy (non-hydrogen) atoms. The molecule has 2 heterocycles. The Hall–Kier alpha value is -3.06. The molecule has 3 aliphatic rings. The number of Topliss-reactive ketones (excluding diaryl/α,β-unsaturated/α-hetero) is 2. The number of hydrogen-bond donors (Lipinski definition) is 2. The summed E-state index contributed by atoms with van der Waals surface area (Å²) in [5, 5.41) is 3.43. The maximum Gasteiger partial charge on any atom is 0.220 e. The molecule has 1 saturated heterocycles. The van der Waals surface area contributed by atoms with Crippen molar-refractivity contribution in [2.45, 2.75) is 51.9 Å². The number of fused-ring (bicyclic) bond motifs is 1. The second kappa shape index (κ2) is 11.1. The van der Waals surface area contributed by atoms with Gasteiger partial charge in [-0.15, -0.1) is 0 Å². The molecule has 0 radical (unpaired) electrons. The van der Waals surface area contributed by atoms with Crippen LogP contribution in [-0.4, -0.2) is 49.4 Å². The third-order valence-electron chi connectivity index (χ3n) is 7.40. The highest BCUT2D eigenvalue weighted by atomic mass is 16.1. The van der Waals surface area contributed by atoms with Gasteiger partial charge in [0.05, 0.1) is 0 Å². The van der Waals surface area contributed by atoms with Crippen molar-refractivity contribution in [2.24, 2.45) is 17.6 Å². The molecule has 186 valence electrons. The third kappa shape index (κ3) is 6.14. The van der Waals surface area contributed by atoms with Crippen LogP contribution in [0.5, 0.6) is 0 Å². The summed E-state index contributed by atoms with van der Waals surface area (Å²) in [4.78, 5) is 51.4. The summed E-state index contributed by atoms with van der Waals surface area (Å²) in [6, 6.07) is 5.45. The van der Waals surface area contributed by atoms with Crippen molar-refractivity contribution in [3.8, 4) is 0 Å². The normalized spacial score (nSPS) is 19.3. The number of hydrogen-bond acceptors (Lipinski definition) is 6. The molecule has 2 aliphatic heterocycles. The van der Waals surface area contributed by atoms with E-state index >= 15 is 0 Å². The Morgan fingerprint density at radius 2 is 1.97 bits per heavy atom. The van der Waals surface area contributed by atoms with E-state index < -0.39 is 11.8 Å². The molecule has 1 unspecified atom stereocenters. The first-order valence-corrected chi connectivity index (χ1v) is 12.7. The van der Waals surface area contributed by atoms with E-state index in [1.807, 2.05) is 12.1 Å². The summed E-state index contributed by atoms with van der Waals surface area (Å²) in [6.07, 6.45) is 8.90. The second-order valence-corrected chi connectivity index (χ2v) is 10.1. The molecule has 0 bridgehead atoms. The van der Waals surface area contributed by atoms with Crippen LogP contribution in [0.1, 0.15) is 72.6 Å². The first-order chi connectivity index (χ1) is 16.8. The Bertz CT molecular complexity index is 1080. The molecule has 0 spiro atoms. The fraction of sp³-hybridized carbons (Fsp3) is 0.500. The van der Waals surface area contributed by atoms with Crippen LogP contribution in [0.4, 0.5) is 5.69 Å². The molecular weight excluding hydrogens is 442 g/mol. The largest absolute Gasteiger partial charge is 0.371 e. The number of anilines is 1. The SMILES string of the molecule is CC(=O)CCC(CC1=CC(=O)c2cc(N3CC(CCC4=CCCNCC4)C3)ccc2C1=O)C(N)=O. The Labute approximate surface area is 206 Å². The molecule has 1 atom stereocenters. The molecule has 4 rings (SSSR count). The average Bonchev–Trinajstić information content (AvgIpc) is 3.07. The van der Waals surface area contributed by atoms with E-state index in [1.165, 1.54) is 19.4 Å². The summed E-state index contributed by atoms with van der Waals surface area (Å²) in [5.74, 6) is -1.07. The number of nitrogens with one attached hydrogen (secondary N) is 1. The first-order valence-electron chi connectivity index (χ1n) is 12.7. The molecule has 7 nitrogen and oxygen atoms in total. The van der Waals surface area contributed by atoms with E-state index in [0.29, 0.717) is 17.0 Å². The number of nitrogens with zero attached hydrogens (tertiary/aromatic N) is 1. The van der Waals surface area contributed by atoms with Gasteiger partial charge in [-0.1, -0.05) is 11.6 Å². The lowest BCUT2D eigenvalue weighted by atomic mass is 9.83. The van der Waals surface area contributed by atoms with Gasteiger partial charge in [0.25, 0.3) is 0 Å². The van der Waals surface area contributed by atoms with Crippen molar-refractivity contribution >= 4 is 28.9 Å². The monoisotopic (exact) mass is 477 g/mol. The summed E-state index contributed by atoms with van der Waals surface area (Å²) < 4.78 is 0. The predicted molar refractivity (Wildman–Crippen MR) is 136 cm³/mol. The van der Waals surface area contributed by atoms with Gasteiger partial charge in [0.15, 0.2) is 11.6 Å². The minimum Gasteiger partial charge on any atom is -0.371 e. The fourth-order valence-electron chi connectivity index (χ4n) is 5.18. The van der Waals surface area contributed by atoms with Gasteiger partial charge in [-0.25, -0.2) is 0 Å². The van der Waals surface area contributed by atoms with Gasteiger partial charge in [-0.3, -0.25) is 14.4 Å². The Morgan fingerprint density at radius 1 is 1.17 bits per heavy atom. The Morgan fingerprint density at radius 3 is 2.71 bits per heavy atom. The van der Waals surface area contributed by atoms with Crippen LogP contribution in [0.3, 0.4) is 0 Å². The number of nitrogens with two attached hydrogens (primary N) is 1. The highest BCUT2D eigenvalue weighted by Gasteiger charge is 2.31. The van der Waals surface area contributed by atoms with E-state index in [0.717, 1.165) is 51.1 Å². The van der Waals surface area contributed by atoms with E-state index in [1.54, 1.807) is 11.6 Å². The number of benzene rings is 1. The zero-order chi connectivity index (χ0) is 24.9. The number of carbonyl (C=O) groups excluding carboxylic acids is 4. The zero-order valence-electron chi connectivity index (χ0n) is 20.5. The average molecular weight is 478 g/mol. The standard InChI is InChI=1S/C28H35N3O4/c1-18(32)4-7-21(28(29)35)13-22-14-26(33)25-15-23(8-9-24(25)27(22)34)31-16-20(17-31)6-5-19-3-2-11-30-12-10-19/h3,8-9,14-15,20-21,30H,2,4-7,10-13,16-17H2,1H3,(H2,29,35). The number of carbonyl (C=O) groups is 4. The number of allylic oxidation sites excluding steroid dienone is 2. The van der Waals surface area contributed by atoms with E-state index in [4.69, 9.17) is 5.73 Å². The topological polar surface area (TPSA) is 110 Å². The van der Waals surface area contributed by atoms with E-state index in [9.17, 15) is 19.2 Å². The quantitative estimate of drug-likeness (QED) is 0.500. The van der Waals surface area contributed by atoms with Crippen molar-refractivity contribution in [3.63, 3.8) is 0 Å². The summed E-state index contributed by atoms with van der Waals surface area (Å²) in [6.45, 7) is 5.52. The minimum absolute atomic E-state index is 0.0405. The smallest absolute Gasteiger partial charge is 0.220 e. The molecule has 1 aliphatic carbocycles. The number of primary amides is 1. The molecule has 1 fully saturated rings. The lowest BCUT2D eigenvalue weighted by molar-refractivity contribution is -0.122. The summed E-state index contributed by atoms with van der Waals surface area (Å²) in [5.41, 5.74) is 9.09. The first kappa shape index (κ1) is 25.0. The maximum absolute atomic E-state index is 13.1. The van der Waals surface area contributed by atoms with Gasteiger partial charge in [-0.2, -0.15) is 0 Å². The van der Waals surface area contributed by atoms with Gasteiger partial charge in [0.2, 0.25) is 5.91 Å². The Balaban J connectivity index is 1.36. The predicted octanol–water partition coefficient (Wildman–Crippen LogP) is 3.38. The van der Waals surface area contributed by atoms with Crippen LogP contribution in [0.25, 0.3) is 0 Å². The number of ketones is 3.